The van der Waals surface area contributed by atoms with Crippen molar-refractivity contribution in [3.05, 3.63) is 29.3 Å². The van der Waals surface area contributed by atoms with E-state index in [9.17, 15) is 4.79 Å². The van der Waals surface area contributed by atoms with Crippen LogP contribution in [0, 0.1) is 0 Å². The van der Waals surface area contributed by atoms with Gasteiger partial charge in [0.2, 0.25) is 0 Å². The smallest absolute Gasteiger partial charge is 0.150 e. The highest BCUT2D eigenvalue weighted by atomic mass is 16.5. The number of carbonyl (C=O) groups excluding carboxylic acids is 1. The molecule has 0 unspecified atom stereocenters. The van der Waals surface area contributed by atoms with E-state index >= 15 is 0 Å². The second kappa shape index (κ2) is 3.58. The van der Waals surface area contributed by atoms with Crippen molar-refractivity contribution in [1.82, 2.24) is 0 Å². The van der Waals surface area contributed by atoms with Crippen molar-refractivity contribution >= 4 is 12.0 Å². The molecule has 68 valence electrons. The topological polar surface area (TPSA) is 38.3 Å². The summed E-state index contributed by atoms with van der Waals surface area (Å²) in [4.78, 5) is 10.5. The van der Waals surface area contributed by atoms with Crippen LogP contribution in [0.2, 0.25) is 0 Å². The lowest BCUT2D eigenvalue weighted by Crippen LogP contribution is -2.04. The van der Waals surface area contributed by atoms with Crippen LogP contribution in [0.25, 0.3) is 0 Å². The Morgan fingerprint density at radius 2 is 2.38 bits per heavy atom. The highest BCUT2D eigenvalue weighted by molar-refractivity contribution is 5.77. The van der Waals surface area contributed by atoms with Gasteiger partial charge >= 0.3 is 0 Å². The fourth-order valence-electron chi connectivity index (χ4n) is 1.40. The van der Waals surface area contributed by atoms with Gasteiger partial charge < -0.3 is 10.1 Å². The van der Waals surface area contributed by atoms with Crippen LogP contribution in [0.5, 0.6) is 0 Å². The first-order valence-corrected chi connectivity index (χ1v) is 4.30. The third-order valence-corrected chi connectivity index (χ3v) is 2.09. The fraction of sp³-hybridized carbons (Fsp3) is 0.300. The highest BCUT2D eigenvalue weighted by Crippen LogP contribution is 2.19. The van der Waals surface area contributed by atoms with E-state index in [1.54, 1.807) is 0 Å². The van der Waals surface area contributed by atoms with Gasteiger partial charge in [-0.2, -0.15) is 0 Å². The SMILES string of the molecule is O=Cc1ccc2c(c1)NCCOC2. The Kier molecular flexibility index (Phi) is 2.27. The third-order valence-electron chi connectivity index (χ3n) is 2.09. The van der Waals surface area contributed by atoms with Crippen LogP contribution in [-0.4, -0.2) is 19.4 Å². The Balaban J connectivity index is 2.37. The number of fused-ring (bicyclic) bond motifs is 1. The monoisotopic (exact) mass is 177 g/mol. The molecular weight excluding hydrogens is 166 g/mol. The van der Waals surface area contributed by atoms with Crippen LogP contribution in [-0.2, 0) is 11.3 Å². The summed E-state index contributed by atoms with van der Waals surface area (Å²) in [5, 5.41) is 3.22. The molecule has 1 aliphatic rings. The quantitative estimate of drug-likeness (QED) is 0.660. The molecule has 0 saturated carbocycles. The predicted octanol–water partition coefficient (Wildman–Crippen LogP) is 1.44. The normalized spacial score (nSPS) is 15.4. The third kappa shape index (κ3) is 1.70. The summed E-state index contributed by atoms with van der Waals surface area (Å²) in [5.74, 6) is 0. The van der Waals surface area contributed by atoms with Crippen LogP contribution in [0.3, 0.4) is 0 Å². The van der Waals surface area contributed by atoms with Crippen molar-refractivity contribution in [2.75, 3.05) is 18.5 Å². The Bertz CT molecular complexity index is 323. The number of anilines is 1. The lowest BCUT2D eigenvalue weighted by molar-refractivity contribution is 0.112. The molecule has 0 bridgehead atoms. The molecule has 1 aromatic carbocycles. The van der Waals surface area contributed by atoms with Crippen molar-refractivity contribution in [2.24, 2.45) is 0 Å². The fourth-order valence-corrected chi connectivity index (χ4v) is 1.40. The van der Waals surface area contributed by atoms with E-state index in [0.29, 0.717) is 18.8 Å². The van der Waals surface area contributed by atoms with E-state index in [0.717, 1.165) is 24.1 Å². The van der Waals surface area contributed by atoms with Crippen molar-refractivity contribution in [3.63, 3.8) is 0 Å². The van der Waals surface area contributed by atoms with E-state index in [-0.39, 0.29) is 0 Å². The molecule has 3 heteroatoms. The maximum Gasteiger partial charge on any atom is 0.150 e. The number of benzene rings is 1. The van der Waals surface area contributed by atoms with Crippen molar-refractivity contribution in [3.8, 4) is 0 Å². The molecule has 0 atom stereocenters. The summed E-state index contributed by atoms with van der Waals surface area (Å²) in [7, 11) is 0. The van der Waals surface area contributed by atoms with E-state index < -0.39 is 0 Å². The van der Waals surface area contributed by atoms with Crippen LogP contribution in [0.1, 0.15) is 15.9 Å². The second-order valence-corrected chi connectivity index (χ2v) is 3.01. The Morgan fingerprint density at radius 1 is 1.46 bits per heavy atom. The first-order valence-electron chi connectivity index (χ1n) is 4.30. The number of carbonyl (C=O) groups is 1. The van der Waals surface area contributed by atoms with Crippen LogP contribution in [0.15, 0.2) is 18.2 Å². The maximum absolute atomic E-state index is 10.5. The van der Waals surface area contributed by atoms with Crippen molar-refractivity contribution < 1.29 is 9.53 Å². The maximum atomic E-state index is 10.5. The van der Waals surface area contributed by atoms with Gasteiger partial charge in [-0.05, 0) is 6.07 Å². The van der Waals surface area contributed by atoms with Gasteiger partial charge in [-0.15, -0.1) is 0 Å². The standard InChI is InChI=1S/C10H11NO2/c12-6-8-1-2-9-7-13-4-3-11-10(9)5-8/h1-2,5-6,11H,3-4,7H2. The Morgan fingerprint density at radius 3 is 3.23 bits per heavy atom. The molecule has 1 aliphatic heterocycles. The van der Waals surface area contributed by atoms with Gasteiger partial charge in [-0.1, -0.05) is 12.1 Å². The van der Waals surface area contributed by atoms with Gasteiger partial charge in [-0.3, -0.25) is 4.79 Å². The van der Waals surface area contributed by atoms with E-state index in [4.69, 9.17) is 4.74 Å². The minimum atomic E-state index is 0.626. The molecule has 0 aliphatic carbocycles. The van der Waals surface area contributed by atoms with Crippen molar-refractivity contribution in [1.29, 1.82) is 0 Å². The molecular formula is C10H11NO2. The molecule has 13 heavy (non-hydrogen) atoms. The molecule has 3 nitrogen and oxygen atoms in total. The van der Waals surface area contributed by atoms with E-state index in [1.165, 1.54) is 0 Å². The van der Waals surface area contributed by atoms with Crippen molar-refractivity contribution in [2.45, 2.75) is 6.61 Å². The zero-order chi connectivity index (χ0) is 9.10. The minimum absolute atomic E-state index is 0.626. The van der Waals surface area contributed by atoms with Crippen LogP contribution >= 0.6 is 0 Å². The van der Waals surface area contributed by atoms with E-state index in [2.05, 4.69) is 5.32 Å². The minimum Gasteiger partial charge on any atom is -0.382 e. The summed E-state index contributed by atoms with van der Waals surface area (Å²) in [5.41, 5.74) is 2.83. The van der Waals surface area contributed by atoms with Gasteiger partial charge in [0.25, 0.3) is 0 Å². The predicted molar refractivity (Wildman–Crippen MR) is 50.0 cm³/mol. The summed E-state index contributed by atoms with van der Waals surface area (Å²) in [6.45, 7) is 2.14. The highest BCUT2D eigenvalue weighted by Gasteiger charge is 2.06. The largest absolute Gasteiger partial charge is 0.382 e. The van der Waals surface area contributed by atoms with Crippen LogP contribution < -0.4 is 5.32 Å². The molecule has 0 saturated heterocycles. The van der Waals surface area contributed by atoms with Crippen LogP contribution in [0.4, 0.5) is 5.69 Å². The number of ether oxygens (including phenoxy) is 1. The lowest BCUT2D eigenvalue weighted by atomic mass is 10.1. The van der Waals surface area contributed by atoms with Gasteiger partial charge in [0.1, 0.15) is 6.29 Å². The number of rotatable bonds is 1. The average molecular weight is 177 g/mol. The number of nitrogens with one attached hydrogen (secondary N) is 1. The van der Waals surface area contributed by atoms with Gasteiger partial charge in [0.05, 0.1) is 13.2 Å². The number of aldehydes is 1. The molecule has 1 N–H and O–H groups in total. The average Bonchev–Trinajstić information content (AvgIpc) is 2.41. The zero-order valence-corrected chi connectivity index (χ0v) is 7.25. The molecule has 0 amide bonds. The number of hydrogen-bond donors (Lipinski definition) is 1. The number of hydrogen-bond acceptors (Lipinski definition) is 3. The molecule has 0 fully saturated rings. The molecule has 0 spiro atoms. The van der Waals surface area contributed by atoms with E-state index in [1.807, 2.05) is 18.2 Å². The van der Waals surface area contributed by atoms with Gasteiger partial charge in [0, 0.05) is 23.4 Å². The Labute approximate surface area is 76.7 Å². The first-order chi connectivity index (χ1) is 6.40. The summed E-state index contributed by atoms with van der Waals surface area (Å²) < 4.78 is 5.34. The molecule has 1 heterocycles. The summed E-state index contributed by atoms with van der Waals surface area (Å²) in [6, 6.07) is 5.59. The Hall–Kier alpha value is -1.35. The lowest BCUT2D eigenvalue weighted by Gasteiger charge is -2.06. The molecule has 0 aromatic heterocycles. The first kappa shape index (κ1) is 8.26. The zero-order valence-electron chi connectivity index (χ0n) is 7.25. The van der Waals surface area contributed by atoms with Gasteiger partial charge in [0.15, 0.2) is 0 Å². The molecule has 1 aromatic rings. The summed E-state index contributed by atoms with van der Waals surface area (Å²) in [6.07, 6.45) is 0.855. The molecule has 2 rings (SSSR count). The second-order valence-electron chi connectivity index (χ2n) is 3.01. The van der Waals surface area contributed by atoms with Gasteiger partial charge in [-0.25, -0.2) is 0 Å². The molecule has 0 radical (unpaired) electrons. The summed E-state index contributed by atoms with van der Waals surface area (Å²) >= 11 is 0.